The van der Waals surface area contributed by atoms with Crippen LogP contribution in [0.4, 0.5) is 0 Å². The standard InChI is InChI=1S/C15H16BrNO4/c1-15(21-8-14(19)20)9-17(10-15)13(18)7-4-11-2-5-12(16)6-3-11/h2-7H,8-10H2,1H3,(H,19,20)/b7-4+. The predicted octanol–water partition coefficient (Wildman–Crippen LogP) is 2.16. The highest BCUT2D eigenvalue weighted by molar-refractivity contribution is 9.10. The number of amides is 1. The van der Waals surface area contributed by atoms with E-state index in [0.717, 1.165) is 10.0 Å². The van der Waals surface area contributed by atoms with Crippen LogP contribution in [-0.4, -0.2) is 47.2 Å². The van der Waals surface area contributed by atoms with Gasteiger partial charge in [-0.3, -0.25) is 4.79 Å². The minimum atomic E-state index is -1.00. The van der Waals surface area contributed by atoms with Crippen LogP contribution in [0.15, 0.2) is 34.8 Å². The molecule has 1 heterocycles. The van der Waals surface area contributed by atoms with E-state index in [-0.39, 0.29) is 12.5 Å². The van der Waals surface area contributed by atoms with Crippen LogP contribution in [0.2, 0.25) is 0 Å². The van der Waals surface area contributed by atoms with Gasteiger partial charge in [0.2, 0.25) is 5.91 Å². The molecule has 0 unspecified atom stereocenters. The molecule has 1 N–H and O–H groups in total. The van der Waals surface area contributed by atoms with Gasteiger partial charge in [-0.05, 0) is 30.7 Å². The summed E-state index contributed by atoms with van der Waals surface area (Å²) in [6, 6.07) is 7.63. The van der Waals surface area contributed by atoms with Gasteiger partial charge < -0.3 is 14.7 Å². The molecule has 1 fully saturated rings. The molecule has 1 saturated heterocycles. The van der Waals surface area contributed by atoms with E-state index in [9.17, 15) is 9.59 Å². The molecule has 1 aromatic carbocycles. The first-order valence-corrected chi connectivity index (χ1v) is 7.26. The molecule has 0 spiro atoms. The highest BCUT2D eigenvalue weighted by Gasteiger charge is 2.42. The molecule has 6 heteroatoms. The van der Waals surface area contributed by atoms with Crippen LogP contribution >= 0.6 is 15.9 Å². The number of carboxylic acids is 1. The van der Waals surface area contributed by atoms with E-state index in [2.05, 4.69) is 15.9 Å². The van der Waals surface area contributed by atoms with Crippen LogP contribution in [0.25, 0.3) is 6.08 Å². The summed E-state index contributed by atoms with van der Waals surface area (Å²) in [4.78, 5) is 24.0. The maximum absolute atomic E-state index is 11.9. The molecular formula is C15H16BrNO4. The molecule has 0 bridgehead atoms. The quantitative estimate of drug-likeness (QED) is 0.823. The summed E-state index contributed by atoms with van der Waals surface area (Å²) in [5, 5.41) is 8.58. The summed E-state index contributed by atoms with van der Waals surface area (Å²) in [5.41, 5.74) is 0.386. The third kappa shape index (κ3) is 4.41. The van der Waals surface area contributed by atoms with Gasteiger partial charge in [-0.15, -0.1) is 0 Å². The van der Waals surface area contributed by atoms with Crippen molar-refractivity contribution in [3.8, 4) is 0 Å². The lowest BCUT2D eigenvalue weighted by molar-refractivity contribution is -0.170. The smallest absolute Gasteiger partial charge is 0.329 e. The van der Waals surface area contributed by atoms with E-state index < -0.39 is 11.6 Å². The van der Waals surface area contributed by atoms with Crippen molar-refractivity contribution in [2.24, 2.45) is 0 Å². The normalized spacial score (nSPS) is 16.8. The van der Waals surface area contributed by atoms with Crippen LogP contribution in [-0.2, 0) is 14.3 Å². The van der Waals surface area contributed by atoms with Crippen LogP contribution < -0.4 is 0 Å². The Bertz CT molecular complexity index is 562. The molecule has 0 atom stereocenters. The summed E-state index contributed by atoms with van der Waals surface area (Å²) in [7, 11) is 0. The van der Waals surface area contributed by atoms with E-state index in [0.29, 0.717) is 13.1 Å². The SMILES string of the molecule is CC1(OCC(=O)O)CN(C(=O)/C=C/c2ccc(Br)cc2)C1. The minimum Gasteiger partial charge on any atom is -0.480 e. The molecule has 112 valence electrons. The molecule has 21 heavy (non-hydrogen) atoms. The van der Waals surface area contributed by atoms with Crippen molar-refractivity contribution in [2.45, 2.75) is 12.5 Å². The number of nitrogens with zero attached hydrogens (tertiary/aromatic N) is 1. The number of aliphatic carboxylic acids is 1. The number of carbonyl (C=O) groups is 2. The summed E-state index contributed by atoms with van der Waals surface area (Å²) >= 11 is 3.35. The number of benzene rings is 1. The minimum absolute atomic E-state index is 0.102. The van der Waals surface area contributed by atoms with Crippen molar-refractivity contribution in [1.29, 1.82) is 0 Å². The molecule has 2 rings (SSSR count). The zero-order chi connectivity index (χ0) is 15.5. The maximum atomic E-state index is 11.9. The van der Waals surface area contributed by atoms with Crippen molar-refractivity contribution < 1.29 is 19.4 Å². The van der Waals surface area contributed by atoms with Gasteiger partial charge in [0.1, 0.15) is 12.2 Å². The third-order valence-electron chi connectivity index (χ3n) is 3.19. The number of hydrogen-bond donors (Lipinski definition) is 1. The molecule has 1 aromatic rings. The van der Waals surface area contributed by atoms with Crippen LogP contribution in [0.3, 0.4) is 0 Å². The van der Waals surface area contributed by atoms with E-state index in [1.165, 1.54) is 6.08 Å². The number of carbonyl (C=O) groups excluding carboxylic acids is 1. The van der Waals surface area contributed by atoms with Crippen molar-refractivity contribution in [3.63, 3.8) is 0 Å². The average Bonchev–Trinajstić information content (AvgIpc) is 2.41. The molecule has 5 nitrogen and oxygen atoms in total. The van der Waals surface area contributed by atoms with E-state index in [1.807, 2.05) is 24.3 Å². The first kappa shape index (κ1) is 15.7. The fourth-order valence-corrected chi connectivity index (χ4v) is 2.36. The number of likely N-dealkylation sites (tertiary alicyclic amines) is 1. The Hall–Kier alpha value is -1.66. The van der Waals surface area contributed by atoms with Crippen molar-refractivity contribution in [2.75, 3.05) is 19.7 Å². The van der Waals surface area contributed by atoms with Crippen molar-refractivity contribution >= 4 is 33.9 Å². The number of carboxylic acid groups (broad SMARTS) is 1. The van der Waals surface area contributed by atoms with Crippen LogP contribution in [0, 0.1) is 0 Å². The lowest BCUT2D eigenvalue weighted by Gasteiger charge is -2.46. The lowest BCUT2D eigenvalue weighted by atomic mass is 9.96. The first-order valence-electron chi connectivity index (χ1n) is 6.46. The zero-order valence-electron chi connectivity index (χ0n) is 11.6. The summed E-state index contributed by atoms with van der Waals surface area (Å²) in [5.74, 6) is -1.11. The van der Waals surface area contributed by atoms with Crippen LogP contribution in [0.1, 0.15) is 12.5 Å². The van der Waals surface area contributed by atoms with Gasteiger partial charge in [0.15, 0.2) is 0 Å². The highest BCUT2D eigenvalue weighted by atomic mass is 79.9. The van der Waals surface area contributed by atoms with Gasteiger partial charge in [-0.1, -0.05) is 28.1 Å². The van der Waals surface area contributed by atoms with E-state index in [1.54, 1.807) is 17.9 Å². The van der Waals surface area contributed by atoms with Gasteiger partial charge >= 0.3 is 5.97 Å². The summed E-state index contributed by atoms with van der Waals surface area (Å²) in [6.45, 7) is 2.28. The topological polar surface area (TPSA) is 66.8 Å². The summed E-state index contributed by atoms with van der Waals surface area (Å²) < 4.78 is 6.25. The van der Waals surface area contributed by atoms with E-state index in [4.69, 9.17) is 9.84 Å². The molecule has 0 aliphatic carbocycles. The van der Waals surface area contributed by atoms with Gasteiger partial charge in [0.25, 0.3) is 0 Å². The second-order valence-corrected chi connectivity index (χ2v) is 6.13. The zero-order valence-corrected chi connectivity index (χ0v) is 13.2. The fraction of sp³-hybridized carbons (Fsp3) is 0.333. The first-order chi connectivity index (χ1) is 9.88. The second-order valence-electron chi connectivity index (χ2n) is 5.21. The molecule has 0 aromatic heterocycles. The van der Waals surface area contributed by atoms with Crippen molar-refractivity contribution in [1.82, 2.24) is 4.90 Å². The molecular weight excluding hydrogens is 338 g/mol. The molecule has 1 aliphatic heterocycles. The summed E-state index contributed by atoms with van der Waals surface area (Å²) in [6.07, 6.45) is 3.27. The highest BCUT2D eigenvalue weighted by Crippen LogP contribution is 2.25. The number of hydrogen-bond acceptors (Lipinski definition) is 3. The maximum Gasteiger partial charge on any atom is 0.329 e. The number of rotatable bonds is 5. The predicted molar refractivity (Wildman–Crippen MR) is 81.7 cm³/mol. The number of ether oxygens (including phenoxy) is 1. The average molecular weight is 354 g/mol. The molecule has 0 saturated carbocycles. The lowest BCUT2D eigenvalue weighted by Crippen LogP contribution is -2.63. The van der Waals surface area contributed by atoms with Gasteiger partial charge in [0.05, 0.1) is 13.1 Å². The fourth-order valence-electron chi connectivity index (χ4n) is 2.09. The van der Waals surface area contributed by atoms with E-state index >= 15 is 0 Å². The molecule has 1 amide bonds. The Kier molecular flexibility index (Phi) is 4.80. The Labute approximate surface area is 131 Å². The molecule has 0 radical (unpaired) electrons. The Morgan fingerprint density at radius 1 is 1.38 bits per heavy atom. The van der Waals surface area contributed by atoms with Crippen LogP contribution in [0.5, 0.6) is 0 Å². The number of halogens is 1. The Balaban J connectivity index is 1.83. The molecule has 1 aliphatic rings. The van der Waals surface area contributed by atoms with Gasteiger partial charge in [-0.2, -0.15) is 0 Å². The van der Waals surface area contributed by atoms with Gasteiger partial charge in [0, 0.05) is 10.5 Å². The van der Waals surface area contributed by atoms with Crippen molar-refractivity contribution in [3.05, 3.63) is 40.4 Å². The Morgan fingerprint density at radius 3 is 2.57 bits per heavy atom. The monoisotopic (exact) mass is 353 g/mol. The van der Waals surface area contributed by atoms with Gasteiger partial charge in [-0.25, -0.2) is 4.79 Å². The third-order valence-corrected chi connectivity index (χ3v) is 3.72. The Morgan fingerprint density at radius 2 is 2.00 bits per heavy atom. The second kappa shape index (κ2) is 6.41. The largest absolute Gasteiger partial charge is 0.480 e.